The molecule has 0 bridgehead atoms. The Morgan fingerprint density at radius 3 is 2.46 bits per heavy atom. The molecule has 3 heterocycles. The second-order valence-electron chi connectivity index (χ2n) is 11.3. The van der Waals surface area contributed by atoms with E-state index in [1.807, 2.05) is 13.0 Å². The molecule has 2 aromatic carbocycles. The molecule has 0 saturated heterocycles. The molecule has 2 N–H and O–H groups in total. The Bertz CT molecular complexity index is 1800. The minimum atomic E-state index is -1.83. The number of amides is 1. The fourth-order valence-electron chi connectivity index (χ4n) is 5.92. The van der Waals surface area contributed by atoms with Gasteiger partial charge < -0.3 is 10.4 Å². The minimum absolute atomic E-state index is 0.0586. The predicted octanol–water partition coefficient (Wildman–Crippen LogP) is 6.51. The van der Waals surface area contributed by atoms with Gasteiger partial charge in [-0.05, 0) is 91.1 Å². The number of carbonyl (C=O) groups is 1. The number of nitrogens with one attached hydrogen (secondary N) is 1. The summed E-state index contributed by atoms with van der Waals surface area (Å²) < 4.78 is 30.3. The highest BCUT2D eigenvalue weighted by Gasteiger charge is 2.48. The molecule has 6 nitrogen and oxygen atoms in total. The number of anilines is 1. The first-order valence-electron chi connectivity index (χ1n) is 13.4. The largest absolute Gasteiger partial charge is 0.375 e. The van der Waals surface area contributed by atoms with Crippen LogP contribution in [0.4, 0.5) is 14.5 Å². The molecule has 6 rings (SSSR count). The number of nitrogens with zero attached hydrogens (tertiary/aromatic N) is 2. The number of benzene rings is 2. The zero-order chi connectivity index (χ0) is 29.4. The van der Waals surface area contributed by atoms with Crippen molar-refractivity contribution in [3.8, 4) is 16.9 Å². The second-order valence-corrected chi connectivity index (χ2v) is 11.7. The van der Waals surface area contributed by atoms with E-state index in [2.05, 4.69) is 10.3 Å². The number of pyridine rings is 2. The Labute approximate surface area is 240 Å². The molecule has 9 heteroatoms. The van der Waals surface area contributed by atoms with Gasteiger partial charge in [0.25, 0.3) is 11.5 Å². The van der Waals surface area contributed by atoms with Crippen LogP contribution in [0.15, 0.2) is 59.5 Å². The van der Waals surface area contributed by atoms with E-state index in [-0.39, 0.29) is 39.5 Å². The summed E-state index contributed by atoms with van der Waals surface area (Å²) in [5, 5.41) is 13.8. The van der Waals surface area contributed by atoms with Crippen molar-refractivity contribution in [1.82, 2.24) is 9.55 Å². The monoisotopic (exact) mass is 575 g/mol. The number of hydrogen-bond donors (Lipinski definition) is 2. The number of aryl methyl sites for hydroxylation is 2. The van der Waals surface area contributed by atoms with Gasteiger partial charge in [-0.2, -0.15) is 0 Å². The van der Waals surface area contributed by atoms with Crippen molar-refractivity contribution in [3.63, 3.8) is 0 Å². The quantitative estimate of drug-likeness (QED) is 0.284. The van der Waals surface area contributed by atoms with E-state index in [0.717, 1.165) is 17.5 Å². The van der Waals surface area contributed by atoms with Crippen LogP contribution in [-0.4, -0.2) is 20.6 Å². The highest BCUT2D eigenvalue weighted by molar-refractivity contribution is 6.31. The number of aliphatic hydroxyl groups is 1. The Morgan fingerprint density at radius 1 is 1.07 bits per heavy atom. The summed E-state index contributed by atoms with van der Waals surface area (Å²) in [6.07, 6.45) is 2.37. The summed E-state index contributed by atoms with van der Waals surface area (Å²) in [4.78, 5) is 30.6. The minimum Gasteiger partial charge on any atom is -0.375 e. The lowest BCUT2D eigenvalue weighted by Crippen LogP contribution is -2.39. The molecule has 0 spiro atoms. The molecule has 210 valence electrons. The smallest absolute Gasteiger partial charge is 0.274 e. The zero-order valence-corrected chi connectivity index (χ0v) is 23.7. The van der Waals surface area contributed by atoms with E-state index < -0.39 is 28.8 Å². The van der Waals surface area contributed by atoms with Gasteiger partial charge in [0.05, 0.1) is 11.4 Å². The molecular weight excluding hydrogens is 548 g/mol. The number of rotatable bonds is 5. The van der Waals surface area contributed by atoms with Crippen molar-refractivity contribution in [2.24, 2.45) is 5.92 Å². The summed E-state index contributed by atoms with van der Waals surface area (Å²) in [7, 11) is 0. The third-order valence-corrected chi connectivity index (χ3v) is 8.77. The van der Waals surface area contributed by atoms with Gasteiger partial charge in [-0.3, -0.25) is 19.1 Å². The number of hydrogen-bond acceptors (Lipinski definition) is 4. The molecular formula is C32H28ClF2N3O3. The summed E-state index contributed by atoms with van der Waals surface area (Å²) >= 11 is 6.66. The number of aromatic nitrogens is 2. The maximum absolute atomic E-state index is 15.5. The normalized spacial score (nSPS) is 21.2. The Hall–Kier alpha value is -3.88. The van der Waals surface area contributed by atoms with E-state index in [9.17, 15) is 19.1 Å². The van der Waals surface area contributed by atoms with Gasteiger partial charge in [-0.15, -0.1) is 0 Å². The summed E-state index contributed by atoms with van der Waals surface area (Å²) in [6.45, 7) is 7.00. The van der Waals surface area contributed by atoms with Crippen molar-refractivity contribution in [1.29, 1.82) is 0 Å². The highest BCUT2D eigenvalue weighted by Crippen LogP contribution is 2.56. The third-order valence-electron chi connectivity index (χ3n) is 8.39. The van der Waals surface area contributed by atoms with Crippen LogP contribution >= 0.6 is 11.6 Å². The van der Waals surface area contributed by atoms with Crippen LogP contribution in [0.25, 0.3) is 16.9 Å². The van der Waals surface area contributed by atoms with Crippen molar-refractivity contribution >= 4 is 23.2 Å². The fourth-order valence-corrected chi connectivity index (χ4v) is 6.20. The summed E-state index contributed by atoms with van der Waals surface area (Å²) in [5.74, 6) is -1.80. The summed E-state index contributed by atoms with van der Waals surface area (Å²) in [6, 6.07) is 12.5. The molecule has 3 atom stereocenters. The van der Waals surface area contributed by atoms with Crippen LogP contribution in [0.3, 0.4) is 0 Å². The molecule has 1 amide bonds. The molecule has 1 fully saturated rings. The molecule has 4 aromatic rings. The Morgan fingerprint density at radius 2 is 1.78 bits per heavy atom. The molecule has 1 unspecified atom stereocenters. The van der Waals surface area contributed by atoms with Crippen LogP contribution in [0.5, 0.6) is 0 Å². The van der Waals surface area contributed by atoms with Crippen molar-refractivity contribution < 1.29 is 18.7 Å². The third kappa shape index (κ3) is 4.28. The maximum atomic E-state index is 15.5. The van der Waals surface area contributed by atoms with Crippen molar-refractivity contribution in [2.45, 2.75) is 51.6 Å². The van der Waals surface area contributed by atoms with Gasteiger partial charge in [0.15, 0.2) is 5.60 Å². The summed E-state index contributed by atoms with van der Waals surface area (Å²) in [5.41, 5.74) is 2.23. The number of halogens is 3. The molecule has 1 aliphatic heterocycles. The lowest BCUT2D eigenvalue weighted by molar-refractivity contribution is -0.138. The van der Waals surface area contributed by atoms with Gasteiger partial charge >= 0.3 is 0 Å². The molecule has 1 saturated carbocycles. The van der Waals surface area contributed by atoms with E-state index in [4.69, 9.17) is 11.6 Å². The van der Waals surface area contributed by atoms with Crippen LogP contribution in [0.2, 0.25) is 5.02 Å². The Balaban J connectivity index is 1.39. The first kappa shape index (κ1) is 27.3. The average molecular weight is 576 g/mol. The first-order valence-corrected chi connectivity index (χ1v) is 13.8. The van der Waals surface area contributed by atoms with Crippen LogP contribution < -0.4 is 10.9 Å². The van der Waals surface area contributed by atoms with Crippen LogP contribution in [0, 0.1) is 31.4 Å². The van der Waals surface area contributed by atoms with Crippen LogP contribution in [-0.2, 0) is 10.4 Å². The average Bonchev–Trinajstić information content (AvgIpc) is 3.68. The molecule has 0 radical (unpaired) electrons. The zero-order valence-electron chi connectivity index (χ0n) is 22.9. The standard InChI is InChI=1S/C32H28ClF2N3O3/c1-15(2)32(41)24-12-25(35)23(11-27(24)37-31(32)40)26-13-28(16(3)14-36-26)38-17(4)9-22(29(33)30(38)39)21-10-20(21)18-5-7-19(34)8-6-18/h5-9,11-15,20-21,41H,10H2,1-4H3,(H,37,40)/t20?,21-,32-/m1/s1. The van der Waals surface area contributed by atoms with E-state index in [0.29, 0.717) is 22.6 Å². The van der Waals surface area contributed by atoms with Crippen LogP contribution in [0.1, 0.15) is 60.1 Å². The van der Waals surface area contributed by atoms with Crippen molar-refractivity contribution in [3.05, 3.63) is 110 Å². The van der Waals surface area contributed by atoms with Crippen molar-refractivity contribution in [2.75, 3.05) is 5.32 Å². The van der Waals surface area contributed by atoms with Gasteiger partial charge in [-0.25, -0.2) is 8.78 Å². The molecule has 2 aromatic heterocycles. The van der Waals surface area contributed by atoms with Gasteiger partial charge in [0.2, 0.25) is 0 Å². The maximum Gasteiger partial charge on any atom is 0.274 e. The van der Waals surface area contributed by atoms with Gasteiger partial charge in [-0.1, -0.05) is 37.6 Å². The molecule has 1 aliphatic carbocycles. The van der Waals surface area contributed by atoms with Gasteiger partial charge in [0, 0.05) is 28.7 Å². The topological polar surface area (TPSA) is 84.2 Å². The number of carbonyl (C=O) groups excluding carboxylic acids is 1. The van der Waals surface area contributed by atoms with E-state index in [1.165, 1.54) is 28.8 Å². The lowest BCUT2D eigenvalue weighted by atomic mass is 9.84. The van der Waals surface area contributed by atoms with E-state index in [1.54, 1.807) is 45.2 Å². The van der Waals surface area contributed by atoms with E-state index >= 15 is 4.39 Å². The van der Waals surface area contributed by atoms with Gasteiger partial charge in [0.1, 0.15) is 16.7 Å². The fraction of sp³-hybridized carbons (Fsp3) is 0.281. The predicted molar refractivity (Wildman–Crippen MR) is 154 cm³/mol. The highest BCUT2D eigenvalue weighted by atomic mass is 35.5. The first-order chi connectivity index (χ1) is 19.4. The Kier molecular flexibility index (Phi) is 6.39. The lowest BCUT2D eigenvalue weighted by Gasteiger charge is -2.25. The SMILES string of the molecule is Cc1cnc(-c2cc3c(cc2F)[C@](O)(C(C)C)C(=O)N3)cc1-n1c(C)cc([C@@H]2CC2c2ccc(F)cc2)c(Cl)c1=O. The second kappa shape index (κ2) is 9.60. The molecule has 2 aliphatic rings. The molecule has 41 heavy (non-hydrogen) atoms. The number of fused-ring (bicyclic) bond motifs is 1.